The predicted octanol–water partition coefficient (Wildman–Crippen LogP) is 4.88. The van der Waals surface area contributed by atoms with Gasteiger partial charge in [0.15, 0.2) is 11.5 Å². The molecule has 5 aromatic rings. The van der Waals surface area contributed by atoms with Crippen molar-refractivity contribution in [3.8, 4) is 11.4 Å². The number of nitrogens with zero attached hydrogens (tertiary/aromatic N) is 6. The van der Waals surface area contributed by atoms with E-state index in [1.165, 1.54) is 6.07 Å². The fraction of sp³-hybridized carbons (Fsp3) is 0.214. The molecule has 186 valence electrons. The zero-order valence-electron chi connectivity index (χ0n) is 20.4. The summed E-state index contributed by atoms with van der Waals surface area (Å²) < 4.78 is 29.7. The van der Waals surface area contributed by atoms with Gasteiger partial charge in [-0.15, -0.1) is 10.2 Å². The first kappa shape index (κ1) is 23.0. The maximum absolute atomic E-state index is 14.3. The van der Waals surface area contributed by atoms with Crippen molar-refractivity contribution >= 4 is 28.4 Å². The molecule has 0 unspecified atom stereocenters. The lowest BCUT2D eigenvalue weighted by Crippen LogP contribution is -2.54. The molecule has 1 saturated heterocycles. The minimum Gasteiger partial charge on any atom is -0.338 e. The molecule has 1 atom stereocenters. The molecule has 3 heterocycles. The number of aryl methyl sites for hydroxylation is 1. The van der Waals surface area contributed by atoms with Gasteiger partial charge in [-0.25, -0.2) is 18.2 Å². The van der Waals surface area contributed by atoms with Gasteiger partial charge in [0.1, 0.15) is 11.6 Å². The van der Waals surface area contributed by atoms with E-state index in [9.17, 15) is 13.6 Å². The Morgan fingerprint density at radius 3 is 2.59 bits per heavy atom. The average Bonchev–Trinajstić information content (AvgIpc) is 3.33. The molecule has 1 aliphatic rings. The van der Waals surface area contributed by atoms with E-state index in [4.69, 9.17) is 4.98 Å². The molecule has 0 bridgehead atoms. The molecule has 1 fully saturated rings. The fourth-order valence-corrected chi connectivity index (χ4v) is 5.01. The van der Waals surface area contributed by atoms with Crippen LogP contribution in [-0.2, 0) is 0 Å². The van der Waals surface area contributed by atoms with Gasteiger partial charge in [0, 0.05) is 42.7 Å². The summed E-state index contributed by atoms with van der Waals surface area (Å²) in [4.78, 5) is 21.8. The Labute approximate surface area is 212 Å². The molecular weight excluding hydrogens is 474 g/mol. The summed E-state index contributed by atoms with van der Waals surface area (Å²) in [6.07, 6.45) is 0. The van der Waals surface area contributed by atoms with Crippen molar-refractivity contribution in [1.29, 1.82) is 0 Å². The largest absolute Gasteiger partial charge is 0.338 e. The van der Waals surface area contributed by atoms with Crippen molar-refractivity contribution < 1.29 is 13.6 Å². The van der Waals surface area contributed by atoms with Crippen LogP contribution < -0.4 is 4.90 Å². The summed E-state index contributed by atoms with van der Waals surface area (Å²) in [5.41, 5.74) is 3.41. The summed E-state index contributed by atoms with van der Waals surface area (Å²) in [5, 5.41) is 9.97. The van der Waals surface area contributed by atoms with E-state index in [1.54, 1.807) is 4.90 Å². The van der Waals surface area contributed by atoms with Gasteiger partial charge >= 0.3 is 0 Å². The Bertz CT molecular complexity index is 1670. The van der Waals surface area contributed by atoms with Crippen LogP contribution in [0.15, 0.2) is 66.7 Å². The highest BCUT2D eigenvalue weighted by Gasteiger charge is 2.32. The zero-order chi connectivity index (χ0) is 25.7. The van der Waals surface area contributed by atoms with Gasteiger partial charge in [-0.1, -0.05) is 35.9 Å². The number of hydrogen-bond acceptors (Lipinski definition) is 5. The van der Waals surface area contributed by atoms with Crippen LogP contribution in [-0.4, -0.2) is 56.1 Å². The van der Waals surface area contributed by atoms with Gasteiger partial charge in [0.05, 0.1) is 11.1 Å². The van der Waals surface area contributed by atoms with Crippen LogP contribution in [0.3, 0.4) is 0 Å². The van der Waals surface area contributed by atoms with E-state index in [0.717, 1.165) is 34.2 Å². The second-order valence-electron chi connectivity index (χ2n) is 9.40. The number of amides is 1. The molecule has 1 amide bonds. The van der Waals surface area contributed by atoms with Gasteiger partial charge in [0.2, 0.25) is 5.95 Å². The van der Waals surface area contributed by atoms with Crippen molar-refractivity contribution in [1.82, 2.24) is 24.5 Å². The summed E-state index contributed by atoms with van der Waals surface area (Å²) in [5.74, 6) is -0.652. The molecule has 0 spiro atoms. The number of anilines is 1. The molecule has 1 aliphatic heterocycles. The maximum Gasteiger partial charge on any atom is 0.257 e. The highest BCUT2D eigenvalue weighted by atomic mass is 19.1. The normalized spacial score (nSPS) is 16.1. The number of benzene rings is 3. The Hall–Kier alpha value is -4.40. The van der Waals surface area contributed by atoms with Crippen LogP contribution in [0.5, 0.6) is 0 Å². The van der Waals surface area contributed by atoms with Crippen molar-refractivity contribution in [2.45, 2.75) is 19.9 Å². The first-order valence-corrected chi connectivity index (χ1v) is 12.1. The monoisotopic (exact) mass is 498 g/mol. The molecule has 2 aromatic heterocycles. The Morgan fingerprint density at radius 1 is 0.973 bits per heavy atom. The van der Waals surface area contributed by atoms with Crippen molar-refractivity contribution in [2.24, 2.45) is 0 Å². The minimum absolute atomic E-state index is 0.131. The standard InChI is InChI=1S/C28H24F2N6O/c1-17-6-5-7-19(14-17)25-32-33-26-22-8-3-4-9-24(22)31-28(36(25)26)34-12-13-35(18(2)16-34)27(37)21-11-10-20(29)15-23(21)30/h3-11,14-15,18H,12-13,16H2,1-2H3/t18-/m1/s1. The zero-order valence-corrected chi connectivity index (χ0v) is 20.4. The van der Waals surface area contributed by atoms with Crippen LogP contribution in [0.2, 0.25) is 0 Å². The number of para-hydroxylation sites is 1. The van der Waals surface area contributed by atoms with Crippen molar-refractivity contribution in [3.05, 3.63) is 89.5 Å². The number of carbonyl (C=O) groups excluding carboxylic acids is 1. The van der Waals surface area contributed by atoms with Gasteiger partial charge < -0.3 is 9.80 Å². The topological polar surface area (TPSA) is 66.6 Å². The first-order valence-electron chi connectivity index (χ1n) is 12.1. The van der Waals surface area contributed by atoms with Gasteiger partial charge in [-0.05, 0) is 44.2 Å². The lowest BCUT2D eigenvalue weighted by atomic mass is 10.1. The maximum atomic E-state index is 14.3. The first-order chi connectivity index (χ1) is 17.9. The molecule has 3 aromatic carbocycles. The van der Waals surface area contributed by atoms with Crippen LogP contribution in [0, 0.1) is 18.6 Å². The van der Waals surface area contributed by atoms with Crippen molar-refractivity contribution in [3.63, 3.8) is 0 Å². The second kappa shape index (κ2) is 8.92. The van der Waals surface area contributed by atoms with Gasteiger partial charge in [0.25, 0.3) is 5.91 Å². The van der Waals surface area contributed by atoms with E-state index in [1.807, 2.05) is 60.7 Å². The second-order valence-corrected chi connectivity index (χ2v) is 9.40. The number of hydrogen-bond donors (Lipinski definition) is 0. The Morgan fingerprint density at radius 2 is 1.81 bits per heavy atom. The summed E-state index contributed by atoms with van der Waals surface area (Å²) in [6, 6.07) is 18.7. The third-order valence-electron chi connectivity index (χ3n) is 6.84. The molecule has 7 nitrogen and oxygen atoms in total. The number of carbonyl (C=O) groups is 1. The van der Waals surface area contributed by atoms with E-state index in [-0.39, 0.29) is 11.6 Å². The SMILES string of the molecule is Cc1cccc(-c2nnc3c4ccccc4nc(N4CCN(C(=O)c5ccc(F)cc5F)[C@H](C)C4)n23)c1. The van der Waals surface area contributed by atoms with E-state index < -0.39 is 17.5 Å². The molecule has 0 saturated carbocycles. The van der Waals surface area contributed by atoms with Crippen LogP contribution in [0.4, 0.5) is 14.7 Å². The number of piperazine rings is 1. The number of rotatable bonds is 3. The van der Waals surface area contributed by atoms with E-state index in [2.05, 4.69) is 21.2 Å². The highest BCUT2D eigenvalue weighted by Crippen LogP contribution is 2.30. The molecule has 37 heavy (non-hydrogen) atoms. The van der Waals surface area contributed by atoms with Crippen molar-refractivity contribution in [2.75, 3.05) is 24.5 Å². The molecule has 0 radical (unpaired) electrons. The minimum atomic E-state index is -0.857. The summed E-state index contributed by atoms with van der Waals surface area (Å²) in [6.45, 7) is 5.25. The van der Waals surface area contributed by atoms with Crippen LogP contribution in [0.1, 0.15) is 22.8 Å². The third kappa shape index (κ3) is 3.96. The lowest BCUT2D eigenvalue weighted by Gasteiger charge is -2.40. The molecule has 0 aliphatic carbocycles. The van der Waals surface area contributed by atoms with E-state index >= 15 is 0 Å². The molecule has 9 heteroatoms. The Balaban J connectivity index is 1.40. The number of fused-ring (bicyclic) bond motifs is 3. The van der Waals surface area contributed by atoms with Crippen LogP contribution >= 0.6 is 0 Å². The summed E-state index contributed by atoms with van der Waals surface area (Å²) in [7, 11) is 0. The smallest absolute Gasteiger partial charge is 0.257 e. The van der Waals surface area contributed by atoms with Crippen LogP contribution in [0.25, 0.3) is 27.9 Å². The molecular formula is C28H24F2N6O. The average molecular weight is 499 g/mol. The number of halogens is 2. The lowest BCUT2D eigenvalue weighted by molar-refractivity contribution is 0.0668. The summed E-state index contributed by atoms with van der Waals surface area (Å²) >= 11 is 0. The van der Waals surface area contributed by atoms with Gasteiger partial charge in [-0.2, -0.15) is 0 Å². The quantitative estimate of drug-likeness (QED) is 0.355. The molecule has 0 N–H and O–H groups in total. The molecule has 6 rings (SSSR count). The number of aromatic nitrogens is 4. The highest BCUT2D eigenvalue weighted by molar-refractivity contribution is 5.95. The fourth-order valence-electron chi connectivity index (χ4n) is 5.01. The third-order valence-corrected chi connectivity index (χ3v) is 6.84. The van der Waals surface area contributed by atoms with E-state index in [0.29, 0.717) is 37.1 Å². The predicted molar refractivity (Wildman–Crippen MR) is 138 cm³/mol. The van der Waals surface area contributed by atoms with Gasteiger partial charge in [-0.3, -0.25) is 4.79 Å². The Kier molecular flexibility index (Phi) is 5.55.